The highest BCUT2D eigenvalue weighted by Gasteiger charge is 2.45. The summed E-state index contributed by atoms with van der Waals surface area (Å²) < 4.78 is 31.7. The number of carbonyl (C=O) groups excluding carboxylic acids is 2. The fraction of sp³-hybridized carbons (Fsp3) is 0.667. The van der Waals surface area contributed by atoms with Crippen molar-refractivity contribution >= 4 is 17.8 Å². The second-order valence-electron chi connectivity index (χ2n) is 18.4. The van der Waals surface area contributed by atoms with Gasteiger partial charge in [-0.25, -0.2) is 4.79 Å². The molecule has 4 atom stereocenters. The first-order valence-electron chi connectivity index (χ1n) is 21.3. The number of carboxylic acid groups (broad SMARTS) is 1. The number of nitrogens with one attached hydrogen (secondary N) is 2. The van der Waals surface area contributed by atoms with Crippen LogP contribution in [0, 0.1) is 17.3 Å². The second-order valence-corrected chi connectivity index (χ2v) is 18.4. The topological polar surface area (TPSA) is 102 Å². The molecule has 4 heterocycles. The van der Waals surface area contributed by atoms with Gasteiger partial charge < -0.3 is 15.7 Å². The molecule has 8 nitrogen and oxygen atoms in total. The lowest BCUT2D eigenvalue weighted by molar-refractivity contribution is -0.192. The molecule has 2 aliphatic carbocycles. The molecule has 2 amide bonds. The molecule has 2 saturated carbocycles. The van der Waals surface area contributed by atoms with Crippen LogP contribution < -0.4 is 10.6 Å². The number of rotatable bonds is 12. The molecule has 4 bridgehead atoms. The molecule has 3 N–H and O–H groups in total. The summed E-state index contributed by atoms with van der Waals surface area (Å²) in [6, 6.07) is 21.3. The minimum atomic E-state index is -5.08. The summed E-state index contributed by atoms with van der Waals surface area (Å²) in [5.41, 5.74) is 5.97. The first-order chi connectivity index (χ1) is 26.8. The standard InChI is InChI=1S/C43H60N4O2.C2HF3O2/c1-43(2,27-41(48)44-31-15-11-29(12-16-31)23-25-46-37-19-20-38(46)34-8-4-3-7-33(34)37)28-42(49)45-32-17-13-30(14-18-32)24-26-47-39-21-22-40(47)36-10-6-5-9-35(36)39;3-2(4,5)1(6)7/h3-10,29-32,37-40H,11-28H2,1-2H3,(H,44,48)(H,45,49);(H,6,7)/t29?,30?,31?,32?,37-,38+,39-,40+;. The van der Waals surface area contributed by atoms with E-state index in [1.807, 2.05) is 0 Å². The Bertz CT molecular complexity index is 1530. The number of carbonyl (C=O) groups is 3. The molecule has 306 valence electrons. The predicted octanol–water partition coefficient (Wildman–Crippen LogP) is 9.34. The SMILES string of the molecule is CC(C)(CC(=O)NC1CCC(CCN2[C@@H]3CC[C@H]2c2ccccc23)CC1)CC(=O)NC1CCC(CCN2[C@@H]3CC[C@H]2c2ccccc23)CC1.O=C(O)C(F)(F)F. The number of amides is 2. The number of fused-ring (bicyclic) bond motifs is 10. The highest BCUT2D eigenvalue weighted by molar-refractivity contribution is 5.80. The van der Waals surface area contributed by atoms with Crippen LogP contribution in [0.4, 0.5) is 13.2 Å². The third kappa shape index (κ3) is 9.46. The molecule has 0 unspecified atom stereocenters. The van der Waals surface area contributed by atoms with Crippen molar-refractivity contribution < 1.29 is 32.7 Å². The summed E-state index contributed by atoms with van der Waals surface area (Å²) in [5, 5.41) is 13.8. The van der Waals surface area contributed by atoms with E-state index in [1.54, 1.807) is 22.3 Å². The van der Waals surface area contributed by atoms with Crippen LogP contribution in [-0.4, -0.2) is 64.0 Å². The van der Waals surface area contributed by atoms with Crippen LogP contribution in [0.5, 0.6) is 0 Å². The Morgan fingerprint density at radius 2 is 0.893 bits per heavy atom. The first-order valence-corrected chi connectivity index (χ1v) is 21.3. The van der Waals surface area contributed by atoms with E-state index in [4.69, 9.17) is 9.90 Å². The van der Waals surface area contributed by atoms with Crippen molar-refractivity contribution in [3.05, 3.63) is 70.8 Å². The molecular weight excluding hydrogens is 718 g/mol. The molecule has 4 fully saturated rings. The zero-order valence-corrected chi connectivity index (χ0v) is 33.2. The number of halogens is 3. The van der Waals surface area contributed by atoms with Crippen molar-refractivity contribution in [3.8, 4) is 0 Å². The smallest absolute Gasteiger partial charge is 0.475 e. The Morgan fingerprint density at radius 1 is 0.589 bits per heavy atom. The number of carboxylic acids is 1. The Kier molecular flexibility index (Phi) is 12.5. The van der Waals surface area contributed by atoms with Crippen molar-refractivity contribution in [3.63, 3.8) is 0 Å². The van der Waals surface area contributed by atoms with E-state index in [-0.39, 0.29) is 29.3 Å². The van der Waals surface area contributed by atoms with Crippen LogP contribution in [0.1, 0.15) is 163 Å². The Hall–Kier alpha value is -3.44. The van der Waals surface area contributed by atoms with Crippen molar-refractivity contribution in [2.45, 2.75) is 159 Å². The molecule has 11 heteroatoms. The van der Waals surface area contributed by atoms with Gasteiger partial charge in [0.2, 0.25) is 11.8 Å². The highest BCUT2D eigenvalue weighted by atomic mass is 19.4. The van der Waals surface area contributed by atoms with Gasteiger partial charge in [0, 0.05) is 49.1 Å². The summed E-state index contributed by atoms with van der Waals surface area (Å²) in [6.07, 6.45) is 12.7. The molecule has 56 heavy (non-hydrogen) atoms. The minimum absolute atomic E-state index is 0.114. The summed E-state index contributed by atoms with van der Waals surface area (Å²) in [6.45, 7) is 6.57. The van der Waals surface area contributed by atoms with Gasteiger partial charge in [0.1, 0.15) is 0 Å². The summed E-state index contributed by atoms with van der Waals surface area (Å²) in [4.78, 5) is 40.7. The van der Waals surface area contributed by atoms with Crippen LogP contribution in [0.3, 0.4) is 0 Å². The summed E-state index contributed by atoms with van der Waals surface area (Å²) >= 11 is 0. The molecule has 0 spiro atoms. The van der Waals surface area contributed by atoms with Gasteiger partial charge in [0.25, 0.3) is 0 Å². The van der Waals surface area contributed by atoms with Crippen molar-refractivity contribution in [1.29, 1.82) is 0 Å². The number of hydrogen-bond acceptors (Lipinski definition) is 5. The number of alkyl halides is 3. The van der Waals surface area contributed by atoms with Gasteiger partial charge in [-0.15, -0.1) is 0 Å². The van der Waals surface area contributed by atoms with Crippen LogP contribution in [0.25, 0.3) is 0 Å². The summed E-state index contributed by atoms with van der Waals surface area (Å²) in [7, 11) is 0. The lowest BCUT2D eigenvalue weighted by Crippen LogP contribution is -2.42. The van der Waals surface area contributed by atoms with E-state index in [2.05, 4.69) is 82.8 Å². The molecule has 2 aromatic carbocycles. The van der Waals surface area contributed by atoms with Crippen LogP contribution in [0.15, 0.2) is 48.5 Å². The largest absolute Gasteiger partial charge is 0.490 e. The minimum Gasteiger partial charge on any atom is -0.475 e. The zero-order chi connectivity index (χ0) is 39.6. The molecule has 2 saturated heterocycles. The number of hydrogen-bond donors (Lipinski definition) is 3. The first kappa shape index (κ1) is 40.7. The van der Waals surface area contributed by atoms with Gasteiger partial charge in [0.05, 0.1) is 0 Å². The monoisotopic (exact) mass is 778 g/mol. The number of aliphatic carboxylic acids is 1. The maximum Gasteiger partial charge on any atom is 0.490 e. The van der Waals surface area contributed by atoms with E-state index in [0.717, 1.165) is 37.5 Å². The van der Waals surface area contributed by atoms with E-state index >= 15 is 0 Å². The molecule has 8 rings (SSSR count). The van der Waals surface area contributed by atoms with E-state index < -0.39 is 12.1 Å². The van der Waals surface area contributed by atoms with Gasteiger partial charge in [-0.2, -0.15) is 13.2 Å². The van der Waals surface area contributed by atoms with Gasteiger partial charge in [-0.3, -0.25) is 19.4 Å². The van der Waals surface area contributed by atoms with E-state index in [9.17, 15) is 22.8 Å². The van der Waals surface area contributed by atoms with Gasteiger partial charge in [0.15, 0.2) is 0 Å². The van der Waals surface area contributed by atoms with E-state index in [0.29, 0.717) is 37.0 Å². The fourth-order valence-electron chi connectivity index (χ4n) is 11.3. The van der Waals surface area contributed by atoms with Crippen molar-refractivity contribution in [2.24, 2.45) is 17.3 Å². The average Bonchev–Trinajstić information content (AvgIpc) is 3.92. The highest BCUT2D eigenvalue weighted by Crippen LogP contribution is 2.54. The van der Waals surface area contributed by atoms with Crippen molar-refractivity contribution in [2.75, 3.05) is 13.1 Å². The predicted molar refractivity (Wildman–Crippen MR) is 209 cm³/mol. The maximum atomic E-state index is 13.1. The molecule has 6 aliphatic rings. The average molecular weight is 779 g/mol. The molecule has 4 aliphatic heterocycles. The van der Waals surface area contributed by atoms with Crippen LogP contribution in [-0.2, 0) is 14.4 Å². The number of nitrogens with zero attached hydrogens (tertiary/aromatic N) is 2. The Morgan fingerprint density at radius 3 is 1.18 bits per heavy atom. The van der Waals surface area contributed by atoms with Crippen molar-refractivity contribution in [1.82, 2.24) is 20.4 Å². The Labute approximate surface area is 330 Å². The lowest BCUT2D eigenvalue weighted by Gasteiger charge is -2.33. The third-order valence-corrected chi connectivity index (χ3v) is 14.0. The zero-order valence-electron chi connectivity index (χ0n) is 33.2. The third-order valence-electron chi connectivity index (χ3n) is 14.0. The maximum absolute atomic E-state index is 13.1. The van der Waals surface area contributed by atoms with Crippen LogP contribution >= 0.6 is 0 Å². The van der Waals surface area contributed by atoms with Crippen LogP contribution in [0.2, 0.25) is 0 Å². The Balaban J connectivity index is 0.000000629. The molecule has 0 aromatic heterocycles. The quantitative estimate of drug-likeness (QED) is 0.199. The second kappa shape index (κ2) is 17.2. The molecule has 2 aromatic rings. The molecular formula is C45H61F3N4O4. The van der Waals surface area contributed by atoms with Gasteiger partial charge in [-0.1, -0.05) is 62.4 Å². The normalized spacial score (nSPS) is 29.6. The summed E-state index contributed by atoms with van der Waals surface area (Å²) in [5.74, 6) is -0.994. The molecule has 0 radical (unpaired) electrons. The van der Waals surface area contributed by atoms with Gasteiger partial charge >= 0.3 is 12.1 Å². The number of benzene rings is 2. The lowest BCUT2D eigenvalue weighted by atomic mass is 9.82. The van der Waals surface area contributed by atoms with E-state index in [1.165, 1.54) is 77.3 Å². The fourth-order valence-corrected chi connectivity index (χ4v) is 11.3. The van der Waals surface area contributed by atoms with Gasteiger partial charge in [-0.05, 0) is 142 Å².